The Morgan fingerprint density at radius 3 is 2.72 bits per heavy atom. The molecule has 0 bridgehead atoms. The number of aldehydes is 1. The molecule has 1 aromatic carbocycles. The highest BCUT2D eigenvalue weighted by molar-refractivity contribution is 5.80. The molecule has 0 saturated carbocycles. The molecule has 98 valence electrons. The zero-order chi connectivity index (χ0) is 13.7. The highest BCUT2D eigenvalue weighted by Crippen LogP contribution is 2.17. The zero-order valence-electron chi connectivity index (χ0n) is 10.6. The van der Waals surface area contributed by atoms with E-state index in [1.54, 1.807) is 7.05 Å². The molecule has 0 saturated heterocycles. The quantitative estimate of drug-likeness (QED) is 0.753. The molecule has 0 aromatic heterocycles. The molecule has 0 unspecified atom stereocenters. The van der Waals surface area contributed by atoms with Crippen LogP contribution in [-0.4, -0.2) is 36.8 Å². The third-order valence-electron chi connectivity index (χ3n) is 2.62. The van der Waals surface area contributed by atoms with Crippen LogP contribution in [-0.2, 0) is 4.79 Å². The molecule has 0 fully saturated rings. The van der Waals surface area contributed by atoms with Crippen LogP contribution < -0.4 is 4.74 Å². The van der Waals surface area contributed by atoms with Crippen LogP contribution in [0.5, 0.6) is 5.75 Å². The van der Waals surface area contributed by atoms with Gasteiger partial charge in [-0.25, -0.2) is 4.39 Å². The lowest BCUT2D eigenvalue weighted by atomic mass is 10.2. The van der Waals surface area contributed by atoms with E-state index in [9.17, 15) is 14.0 Å². The van der Waals surface area contributed by atoms with Crippen LogP contribution >= 0.6 is 0 Å². The molecule has 5 heteroatoms. The highest BCUT2D eigenvalue weighted by Gasteiger charge is 2.13. The molecule has 0 aliphatic heterocycles. The van der Waals surface area contributed by atoms with Gasteiger partial charge >= 0.3 is 0 Å². The van der Waals surface area contributed by atoms with E-state index in [4.69, 9.17) is 4.74 Å². The van der Waals surface area contributed by atoms with Crippen LogP contribution in [0.15, 0.2) is 18.2 Å². The fraction of sp³-hybridized carbons (Fsp3) is 0.385. The molecule has 18 heavy (non-hydrogen) atoms. The molecular weight excluding hydrogens is 237 g/mol. The van der Waals surface area contributed by atoms with Crippen LogP contribution in [0, 0.1) is 5.82 Å². The Bertz CT molecular complexity index is 446. The third kappa shape index (κ3) is 3.55. The fourth-order valence-electron chi connectivity index (χ4n) is 1.27. The van der Waals surface area contributed by atoms with E-state index < -0.39 is 5.82 Å². The second kappa shape index (κ2) is 6.14. The van der Waals surface area contributed by atoms with Crippen molar-refractivity contribution in [1.29, 1.82) is 0 Å². The first-order valence-electron chi connectivity index (χ1n) is 5.59. The molecule has 0 N–H and O–H groups in total. The van der Waals surface area contributed by atoms with E-state index >= 15 is 0 Å². The molecule has 0 spiro atoms. The van der Waals surface area contributed by atoms with Crippen molar-refractivity contribution in [3.8, 4) is 5.75 Å². The maximum atomic E-state index is 12.9. The molecule has 1 aromatic rings. The standard InChI is InChI=1S/C13H16FNO3/c1-9(2)15(3)13(17)8-18-12-5-4-11(14)6-10(12)7-16/h4-7,9H,8H2,1-3H3. The van der Waals surface area contributed by atoms with Crippen molar-refractivity contribution in [2.75, 3.05) is 13.7 Å². The van der Waals surface area contributed by atoms with Gasteiger partial charge < -0.3 is 9.64 Å². The number of likely N-dealkylation sites (N-methyl/N-ethyl adjacent to an activating group) is 1. The number of ether oxygens (including phenoxy) is 1. The zero-order valence-corrected chi connectivity index (χ0v) is 10.6. The minimum atomic E-state index is -0.518. The van der Waals surface area contributed by atoms with Crippen LogP contribution in [0.4, 0.5) is 4.39 Å². The lowest BCUT2D eigenvalue weighted by Gasteiger charge is -2.21. The van der Waals surface area contributed by atoms with Crippen LogP contribution in [0.1, 0.15) is 24.2 Å². The summed E-state index contributed by atoms with van der Waals surface area (Å²) in [6, 6.07) is 3.65. The largest absolute Gasteiger partial charge is 0.483 e. The normalized spacial score (nSPS) is 10.3. The second-order valence-corrected chi connectivity index (χ2v) is 4.19. The van der Waals surface area contributed by atoms with Crippen LogP contribution in [0.25, 0.3) is 0 Å². The number of rotatable bonds is 5. The molecule has 0 aliphatic carbocycles. The van der Waals surface area contributed by atoms with Gasteiger partial charge in [0.2, 0.25) is 0 Å². The van der Waals surface area contributed by atoms with E-state index in [0.29, 0.717) is 6.29 Å². The first kappa shape index (κ1) is 14.2. The molecule has 1 rings (SSSR count). The second-order valence-electron chi connectivity index (χ2n) is 4.19. The summed E-state index contributed by atoms with van der Waals surface area (Å²) in [5.41, 5.74) is 0.0926. The molecule has 0 atom stereocenters. The topological polar surface area (TPSA) is 46.6 Å². The van der Waals surface area contributed by atoms with Crippen molar-refractivity contribution >= 4 is 12.2 Å². The summed E-state index contributed by atoms with van der Waals surface area (Å²) in [5, 5.41) is 0. The minimum Gasteiger partial charge on any atom is -0.483 e. The van der Waals surface area contributed by atoms with Gasteiger partial charge in [-0.05, 0) is 32.0 Å². The van der Waals surface area contributed by atoms with Gasteiger partial charge in [0.05, 0.1) is 5.56 Å². The fourth-order valence-corrected chi connectivity index (χ4v) is 1.27. The van der Waals surface area contributed by atoms with Crippen molar-refractivity contribution in [3.63, 3.8) is 0 Å². The third-order valence-corrected chi connectivity index (χ3v) is 2.62. The predicted molar refractivity (Wildman–Crippen MR) is 65.2 cm³/mol. The van der Waals surface area contributed by atoms with E-state index in [1.165, 1.54) is 17.0 Å². The van der Waals surface area contributed by atoms with Gasteiger partial charge in [0.25, 0.3) is 5.91 Å². The van der Waals surface area contributed by atoms with Gasteiger partial charge in [0.15, 0.2) is 12.9 Å². The number of hydrogen-bond donors (Lipinski definition) is 0. The Morgan fingerprint density at radius 2 is 2.17 bits per heavy atom. The number of halogens is 1. The van der Waals surface area contributed by atoms with Gasteiger partial charge in [-0.2, -0.15) is 0 Å². The highest BCUT2D eigenvalue weighted by atomic mass is 19.1. The maximum absolute atomic E-state index is 12.9. The molecular formula is C13H16FNO3. The Labute approximate surface area is 105 Å². The Balaban J connectivity index is 2.69. The van der Waals surface area contributed by atoms with E-state index in [2.05, 4.69) is 0 Å². The Morgan fingerprint density at radius 1 is 1.50 bits per heavy atom. The summed E-state index contributed by atoms with van der Waals surface area (Å²) in [5.74, 6) is -0.516. The smallest absolute Gasteiger partial charge is 0.260 e. The summed E-state index contributed by atoms with van der Waals surface area (Å²) in [6.45, 7) is 3.58. The summed E-state index contributed by atoms with van der Waals surface area (Å²) in [6.07, 6.45) is 0.495. The molecule has 0 radical (unpaired) electrons. The van der Waals surface area contributed by atoms with Gasteiger partial charge in [0, 0.05) is 13.1 Å². The average molecular weight is 253 g/mol. The van der Waals surface area contributed by atoms with Crippen molar-refractivity contribution < 1.29 is 18.7 Å². The number of carbonyl (C=O) groups is 2. The first-order chi connectivity index (χ1) is 8.45. The number of carbonyl (C=O) groups excluding carboxylic acids is 2. The van der Waals surface area contributed by atoms with E-state index in [1.807, 2.05) is 13.8 Å². The molecule has 1 amide bonds. The Hall–Kier alpha value is -1.91. The Kier molecular flexibility index (Phi) is 4.83. The van der Waals surface area contributed by atoms with Gasteiger partial charge in [-0.15, -0.1) is 0 Å². The monoisotopic (exact) mass is 253 g/mol. The van der Waals surface area contributed by atoms with E-state index in [-0.39, 0.29) is 29.9 Å². The van der Waals surface area contributed by atoms with Gasteiger partial charge in [-0.3, -0.25) is 9.59 Å². The molecule has 0 heterocycles. The van der Waals surface area contributed by atoms with Gasteiger partial charge in [0.1, 0.15) is 11.6 Å². The van der Waals surface area contributed by atoms with Crippen molar-refractivity contribution in [2.45, 2.75) is 19.9 Å². The number of amides is 1. The summed E-state index contributed by atoms with van der Waals surface area (Å²) in [4.78, 5) is 23.9. The summed E-state index contributed by atoms with van der Waals surface area (Å²) >= 11 is 0. The number of nitrogens with zero attached hydrogens (tertiary/aromatic N) is 1. The minimum absolute atomic E-state index is 0.0693. The van der Waals surface area contributed by atoms with Gasteiger partial charge in [-0.1, -0.05) is 0 Å². The SMILES string of the molecule is CC(C)N(C)C(=O)COc1ccc(F)cc1C=O. The first-order valence-corrected chi connectivity index (χ1v) is 5.59. The van der Waals surface area contributed by atoms with E-state index in [0.717, 1.165) is 6.07 Å². The number of benzene rings is 1. The van der Waals surface area contributed by atoms with Crippen LogP contribution in [0.2, 0.25) is 0 Å². The van der Waals surface area contributed by atoms with Crippen molar-refractivity contribution in [1.82, 2.24) is 4.90 Å². The average Bonchev–Trinajstić information content (AvgIpc) is 2.35. The number of hydrogen-bond acceptors (Lipinski definition) is 3. The maximum Gasteiger partial charge on any atom is 0.260 e. The van der Waals surface area contributed by atoms with Crippen molar-refractivity contribution in [3.05, 3.63) is 29.6 Å². The lowest BCUT2D eigenvalue weighted by Crippen LogP contribution is -2.36. The molecule has 4 nitrogen and oxygen atoms in total. The summed E-state index contributed by atoms with van der Waals surface area (Å²) in [7, 11) is 1.67. The van der Waals surface area contributed by atoms with Crippen molar-refractivity contribution in [2.24, 2.45) is 0 Å². The van der Waals surface area contributed by atoms with Crippen LogP contribution in [0.3, 0.4) is 0 Å². The molecule has 0 aliphatic rings. The lowest BCUT2D eigenvalue weighted by molar-refractivity contribution is -0.133. The summed E-state index contributed by atoms with van der Waals surface area (Å²) < 4.78 is 18.1. The predicted octanol–water partition coefficient (Wildman–Crippen LogP) is 1.88.